The van der Waals surface area contributed by atoms with E-state index in [9.17, 15) is 13.6 Å². The first kappa shape index (κ1) is 15.3. The van der Waals surface area contributed by atoms with Gasteiger partial charge < -0.3 is 5.32 Å². The third-order valence-electron chi connectivity index (χ3n) is 4.06. The molecular formula is C17H13F2N5O. The van der Waals surface area contributed by atoms with Gasteiger partial charge in [-0.15, -0.1) is 10.2 Å². The minimum absolute atomic E-state index is 0.159. The van der Waals surface area contributed by atoms with E-state index in [1.807, 2.05) is 6.07 Å². The molecule has 2 aromatic carbocycles. The van der Waals surface area contributed by atoms with Gasteiger partial charge >= 0.3 is 0 Å². The lowest BCUT2D eigenvalue weighted by molar-refractivity contribution is 0.585. The molecule has 4 aromatic rings. The van der Waals surface area contributed by atoms with E-state index in [4.69, 9.17) is 0 Å². The Morgan fingerprint density at radius 1 is 1.12 bits per heavy atom. The van der Waals surface area contributed by atoms with Crippen LogP contribution in [0.5, 0.6) is 0 Å². The molecule has 1 N–H and O–H groups in total. The largest absolute Gasteiger partial charge is 0.375 e. The van der Waals surface area contributed by atoms with Crippen LogP contribution < -0.4 is 10.9 Å². The van der Waals surface area contributed by atoms with Crippen LogP contribution >= 0.6 is 0 Å². The van der Waals surface area contributed by atoms with Gasteiger partial charge in [-0.2, -0.15) is 0 Å². The molecule has 0 amide bonds. The molecular weight excluding hydrogens is 328 g/mol. The molecule has 8 heteroatoms. The van der Waals surface area contributed by atoms with Gasteiger partial charge in [-0.25, -0.2) is 8.78 Å². The van der Waals surface area contributed by atoms with Gasteiger partial charge in [-0.3, -0.25) is 13.8 Å². The number of hydrogen-bond acceptors (Lipinski definition) is 4. The fourth-order valence-electron chi connectivity index (χ4n) is 2.81. The maximum absolute atomic E-state index is 13.8. The number of benzene rings is 2. The van der Waals surface area contributed by atoms with E-state index in [0.717, 1.165) is 6.07 Å². The molecule has 4 rings (SSSR count). The average Bonchev–Trinajstić information content (AvgIpc) is 3.03. The zero-order chi connectivity index (χ0) is 17.6. The van der Waals surface area contributed by atoms with Crippen molar-refractivity contribution in [2.45, 2.75) is 6.54 Å². The standard InChI is InChI=1S/C17H13F2N5O/c1-23-16(25)11-4-2-3-5-14(11)24-15(21-22-17(23)24)9-20-13-7-6-10(18)8-12(13)19/h2-8,20H,9H2,1H3. The number of fused-ring (bicyclic) bond motifs is 3. The zero-order valence-electron chi connectivity index (χ0n) is 13.2. The minimum Gasteiger partial charge on any atom is -0.375 e. The summed E-state index contributed by atoms with van der Waals surface area (Å²) in [5.41, 5.74) is 0.661. The molecule has 0 saturated heterocycles. The number of nitrogens with one attached hydrogen (secondary N) is 1. The number of nitrogens with zero attached hydrogens (tertiary/aromatic N) is 4. The molecule has 0 unspecified atom stereocenters. The molecule has 126 valence electrons. The lowest BCUT2D eigenvalue weighted by Gasteiger charge is -2.09. The Bertz CT molecular complexity index is 1170. The summed E-state index contributed by atoms with van der Waals surface area (Å²) in [6.07, 6.45) is 0. The van der Waals surface area contributed by atoms with E-state index in [-0.39, 0.29) is 17.8 Å². The SMILES string of the molecule is Cn1c(=O)c2ccccc2n2c(CNc3ccc(F)cc3F)nnc12. The van der Waals surface area contributed by atoms with E-state index in [2.05, 4.69) is 15.5 Å². The van der Waals surface area contributed by atoms with Crippen LogP contribution in [0.1, 0.15) is 5.82 Å². The van der Waals surface area contributed by atoms with Crippen LogP contribution in [-0.2, 0) is 13.6 Å². The Balaban J connectivity index is 1.82. The quantitative estimate of drug-likeness (QED) is 0.622. The highest BCUT2D eigenvalue weighted by molar-refractivity contribution is 5.80. The van der Waals surface area contributed by atoms with E-state index in [1.54, 1.807) is 29.6 Å². The van der Waals surface area contributed by atoms with Crippen molar-refractivity contribution in [3.05, 3.63) is 70.3 Å². The molecule has 0 bridgehead atoms. The van der Waals surface area contributed by atoms with Crippen molar-refractivity contribution in [3.63, 3.8) is 0 Å². The van der Waals surface area contributed by atoms with Crippen molar-refractivity contribution in [1.82, 2.24) is 19.2 Å². The monoisotopic (exact) mass is 341 g/mol. The summed E-state index contributed by atoms with van der Waals surface area (Å²) < 4.78 is 29.9. The second-order valence-corrected chi connectivity index (χ2v) is 5.61. The smallest absolute Gasteiger partial charge is 0.262 e. The van der Waals surface area contributed by atoms with Gasteiger partial charge in [0.25, 0.3) is 5.56 Å². The summed E-state index contributed by atoms with van der Waals surface area (Å²) in [5.74, 6) is -0.436. The van der Waals surface area contributed by atoms with Gasteiger partial charge in [0.1, 0.15) is 11.6 Å². The van der Waals surface area contributed by atoms with Crippen LogP contribution in [0.15, 0.2) is 47.3 Å². The lowest BCUT2D eigenvalue weighted by atomic mass is 10.2. The second-order valence-electron chi connectivity index (χ2n) is 5.61. The topological polar surface area (TPSA) is 64.2 Å². The highest BCUT2D eigenvalue weighted by Crippen LogP contribution is 2.18. The summed E-state index contributed by atoms with van der Waals surface area (Å²) >= 11 is 0. The fourth-order valence-corrected chi connectivity index (χ4v) is 2.81. The minimum atomic E-state index is -0.689. The Morgan fingerprint density at radius 3 is 2.72 bits per heavy atom. The summed E-state index contributed by atoms with van der Waals surface area (Å²) in [4.78, 5) is 12.4. The molecule has 2 heterocycles. The summed E-state index contributed by atoms with van der Waals surface area (Å²) in [6, 6.07) is 10.4. The van der Waals surface area contributed by atoms with Crippen molar-refractivity contribution in [2.24, 2.45) is 7.05 Å². The molecule has 0 radical (unpaired) electrons. The Hall–Kier alpha value is -3.29. The maximum atomic E-state index is 13.8. The normalized spacial score (nSPS) is 11.3. The van der Waals surface area contributed by atoms with Crippen molar-refractivity contribution in [3.8, 4) is 0 Å². The van der Waals surface area contributed by atoms with E-state index < -0.39 is 11.6 Å². The molecule has 0 aliphatic carbocycles. The molecule has 0 atom stereocenters. The Kier molecular flexibility index (Phi) is 3.45. The highest BCUT2D eigenvalue weighted by atomic mass is 19.1. The van der Waals surface area contributed by atoms with Gasteiger partial charge in [0.05, 0.1) is 23.1 Å². The molecule has 0 fully saturated rings. The Labute approximate surface area is 140 Å². The van der Waals surface area contributed by atoms with Crippen molar-refractivity contribution in [1.29, 1.82) is 0 Å². The first-order valence-corrected chi connectivity index (χ1v) is 7.57. The second kappa shape index (κ2) is 5.66. The third-order valence-corrected chi connectivity index (χ3v) is 4.06. The van der Waals surface area contributed by atoms with Crippen LogP contribution in [0.25, 0.3) is 16.7 Å². The third kappa shape index (κ3) is 2.42. The van der Waals surface area contributed by atoms with Crippen LogP contribution in [0.2, 0.25) is 0 Å². The van der Waals surface area contributed by atoms with Crippen molar-refractivity contribution >= 4 is 22.4 Å². The molecule has 6 nitrogen and oxygen atoms in total. The van der Waals surface area contributed by atoms with E-state index >= 15 is 0 Å². The molecule has 0 aliphatic rings. The molecule has 0 spiro atoms. The molecule has 25 heavy (non-hydrogen) atoms. The number of anilines is 1. The highest BCUT2D eigenvalue weighted by Gasteiger charge is 2.14. The average molecular weight is 341 g/mol. The van der Waals surface area contributed by atoms with Gasteiger partial charge in [0.2, 0.25) is 5.78 Å². The first-order chi connectivity index (χ1) is 12.1. The number of halogens is 2. The maximum Gasteiger partial charge on any atom is 0.262 e. The Morgan fingerprint density at radius 2 is 1.92 bits per heavy atom. The number of para-hydroxylation sites is 1. The number of hydrogen-bond donors (Lipinski definition) is 1. The summed E-state index contributed by atoms with van der Waals surface area (Å²) in [5, 5.41) is 11.6. The van der Waals surface area contributed by atoms with Gasteiger partial charge in [0, 0.05) is 13.1 Å². The van der Waals surface area contributed by atoms with Crippen LogP contribution in [0.4, 0.5) is 14.5 Å². The van der Waals surface area contributed by atoms with Crippen LogP contribution in [0.3, 0.4) is 0 Å². The predicted octanol–water partition coefficient (Wildman–Crippen LogP) is 2.47. The molecule has 0 aliphatic heterocycles. The predicted molar refractivity (Wildman–Crippen MR) is 89.4 cm³/mol. The molecule has 2 aromatic heterocycles. The summed E-state index contributed by atoms with van der Waals surface area (Å²) in [6.45, 7) is 0.159. The van der Waals surface area contributed by atoms with Gasteiger partial charge in [-0.05, 0) is 24.3 Å². The number of aryl methyl sites for hydroxylation is 1. The summed E-state index contributed by atoms with van der Waals surface area (Å²) in [7, 11) is 1.62. The molecule has 0 saturated carbocycles. The fraction of sp³-hybridized carbons (Fsp3) is 0.118. The van der Waals surface area contributed by atoms with Crippen LogP contribution in [-0.4, -0.2) is 19.2 Å². The van der Waals surface area contributed by atoms with Gasteiger partial charge in [0.15, 0.2) is 5.82 Å². The lowest BCUT2D eigenvalue weighted by Crippen LogP contribution is -2.20. The first-order valence-electron chi connectivity index (χ1n) is 7.57. The van der Waals surface area contributed by atoms with Crippen LogP contribution in [0, 0.1) is 11.6 Å². The number of aromatic nitrogens is 4. The van der Waals surface area contributed by atoms with E-state index in [0.29, 0.717) is 22.5 Å². The van der Waals surface area contributed by atoms with E-state index in [1.165, 1.54) is 16.7 Å². The van der Waals surface area contributed by atoms with Crippen molar-refractivity contribution in [2.75, 3.05) is 5.32 Å². The number of rotatable bonds is 3. The van der Waals surface area contributed by atoms with Gasteiger partial charge in [-0.1, -0.05) is 12.1 Å². The zero-order valence-corrected chi connectivity index (χ0v) is 13.2. The van der Waals surface area contributed by atoms with Crippen molar-refractivity contribution < 1.29 is 8.78 Å².